The van der Waals surface area contributed by atoms with Crippen LogP contribution in [-0.2, 0) is 20.8 Å². The summed E-state index contributed by atoms with van der Waals surface area (Å²) < 4.78 is 0. The number of rotatable bonds is 6. The van der Waals surface area contributed by atoms with Gasteiger partial charge in [0.05, 0.1) is 11.1 Å². The van der Waals surface area contributed by atoms with Crippen LogP contribution in [0.25, 0.3) is 0 Å². The van der Waals surface area contributed by atoms with Gasteiger partial charge in [-0.2, -0.15) is 0 Å². The molecule has 1 unspecified atom stereocenters. The second-order valence-electron chi connectivity index (χ2n) is 6.39. The number of aliphatic carboxylic acids is 1. The number of aryl methyl sites for hydroxylation is 1. The zero-order chi connectivity index (χ0) is 18.8. The van der Waals surface area contributed by atoms with Crippen LogP contribution in [0.2, 0.25) is 0 Å². The number of fused-ring (bicyclic) bond motifs is 1. The van der Waals surface area contributed by atoms with Crippen molar-refractivity contribution in [1.82, 2.24) is 10.2 Å². The highest BCUT2D eigenvalue weighted by atomic mass is 16.4. The molecular weight excluding hydrogens is 340 g/mol. The number of hydrogen-bond donors (Lipinski definition) is 2. The van der Waals surface area contributed by atoms with Gasteiger partial charge in [0.15, 0.2) is 0 Å². The summed E-state index contributed by atoms with van der Waals surface area (Å²) in [5.74, 6) is -3.00. The number of carbonyl (C=O) groups is 5. The van der Waals surface area contributed by atoms with Crippen LogP contribution in [0, 0.1) is 0 Å². The molecule has 26 heavy (non-hydrogen) atoms. The van der Waals surface area contributed by atoms with E-state index in [1.165, 1.54) is 0 Å². The fourth-order valence-electron chi connectivity index (χ4n) is 3.38. The normalized spacial score (nSPS) is 19.5. The van der Waals surface area contributed by atoms with Crippen molar-refractivity contribution < 1.29 is 29.1 Å². The zero-order valence-corrected chi connectivity index (χ0v) is 14.0. The van der Waals surface area contributed by atoms with Crippen molar-refractivity contribution in [3.05, 3.63) is 34.9 Å². The van der Waals surface area contributed by atoms with E-state index < -0.39 is 35.6 Å². The molecule has 2 aliphatic rings. The molecule has 0 spiro atoms. The Morgan fingerprint density at radius 3 is 2.62 bits per heavy atom. The van der Waals surface area contributed by atoms with E-state index in [0.717, 1.165) is 4.90 Å². The van der Waals surface area contributed by atoms with Crippen molar-refractivity contribution in [2.24, 2.45) is 0 Å². The lowest BCUT2D eigenvalue weighted by molar-refractivity contribution is -0.138. The summed E-state index contributed by atoms with van der Waals surface area (Å²) in [7, 11) is 0. The van der Waals surface area contributed by atoms with Crippen LogP contribution in [0.5, 0.6) is 0 Å². The number of piperidine rings is 1. The molecule has 0 saturated carbocycles. The number of hydrogen-bond acceptors (Lipinski definition) is 5. The van der Waals surface area contributed by atoms with Crippen LogP contribution in [0.3, 0.4) is 0 Å². The minimum absolute atomic E-state index is 0.0459. The van der Waals surface area contributed by atoms with Gasteiger partial charge in [0.1, 0.15) is 6.04 Å². The van der Waals surface area contributed by atoms with E-state index in [1.807, 2.05) is 0 Å². The third-order valence-corrected chi connectivity index (χ3v) is 4.64. The Morgan fingerprint density at radius 1 is 1.15 bits per heavy atom. The lowest BCUT2D eigenvalue weighted by Gasteiger charge is -2.27. The third kappa shape index (κ3) is 3.22. The molecule has 0 radical (unpaired) electrons. The molecule has 3 rings (SSSR count). The molecular formula is C18H18N2O6. The van der Waals surface area contributed by atoms with Crippen molar-refractivity contribution >= 4 is 29.6 Å². The van der Waals surface area contributed by atoms with Gasteiger partial charge in [0.2, 0.25) is 11.8 Å². The van der Waals surface area contributed by atoms with Crippen molar-refractivity contribution in [2.75, 3.05) is 0 Å². The molecule has 1 saturated heterocycles. The Morgan fingerprint density at radius 2 is 1.92 bits per heavy atom. The number of unbranched alkanes of at least 4 members (excludes halogenated alkanes) is 1. The predicted octanol–water partition coefficient (Wildman–Crippen LogP) is 0.885. The molecule has 0 aromatic heterocycles. The van der Waals surface area contributed by atoms with E-state index in [9.17, 15) is 24.0 Å². The summed E-state index contributed by atoms with van der Waals surface area (Å²) in [4.78, 5) is 60.4. The van der Waals surface area contributed by atoms with Crippen LogP contribution in [0.4, 0.5) is 0 Å². The van der Waals surface area contributed by atoms with Gasteiger partial charge in [-0.05, 0) is 37.3 Å². The largest absolute Gasteiger partial charge is 0.481 e. The number of imide groups is 2. The molecule has 2 aliphatic heterocycles. The van der Waals surface area contributed by atoms with Gasteiger partial charge < -0.3 is 5.11 Å². The van der Waals surface area contributed by atoms with E-state index in [1.54, 1.807) is 18.2 Å². The number of amides is 4. The molecule has 1 atom stereocenters. The highest BCUT2D eigenvalue weighted by Crippen LogP contribution is 2.30. The van der Waals surface area contributed by atoms with Gasteiger partial charge in [-0.1, -0.05) is 12.1 Å². The minimum Gasteiger partial charge on any atom is -0.481 e. The van der Waals surface area contributed by atoms with E-state index in [4.69, 9.17) is 5.11 Å². The number of nitrogens with zero attached hydrogens (tertiary/aromatic N) is 1. The van der Waals surface area contributed by atoms with Gasteiger partial charge in [-0.15, -0.1) is 0 Å². The van der Waals surface area contributed by atoms with Gasteiger partial charge in [0, 0.05) is 12.8 Å². The van der Waals surface area contributed by atoms with E-state index in [0.29, 0.717) is 24.8 Å². The van der Waals surface area contributed by atoms with E-state index >= 15 is 0 Å². The fourth-order valence-corrected chi connectivity index (χ4v) is 3.38. The molecule has 8 heteroatoms. The first-order valence-corrected chi connectivity index (χ1v) is 8.45. The summed E-state index contributed by atoms with van der Waals surface area (Å²) in [6.07, 6.45) is 1.75. The molecule has 8 nitrogen and oxygen atoms in total. The van der Waals surface area contributed by atoms with Gasteiger partial charge >= 0.3 is 5.97 Å². The van der Waals surface area contributed by atoms with Crippen molar-refractivity contribution in [2.45, 2.75) is 44.6 Å². The molecule has 136 valence electrons. The number of carboxylic acid groups (broad SMARTS) is 1. The summed E-state index contributed by atoms with van der Waals surface area (Å²) in [5.41, 5.74) is 1.19. The van der Waals surface area contributed by atoms with Gasteiger partial charge in [0.25, 0.3) is 11.8 Å². The first-order valence-electron chi connectivity index (χ1n) is 8.45. The Hall–Kier alpha value is -3.03. The van der Waals surface area contributed by atoms with Crippen molar-refractivity contribution in [3.63, 3.8) is 0 Å². The Labute approximate surface area is 149 Å². The number of carboxylic acids is 1. The predicted molar refractivity (Wildman–Crippen MR) is 88.3 cm³/mol. The maximum Gasteiger partial charge on any atom is 0.303 e. The molecule has 1 fully saturated rings. The molecule has 2 heterocycles. The van der Waals surface area contributed by atoms with Crippen LogP contribution >= 0.6 is 0 Å². The standard InChI is InChI=1S/C18H18N2O6/c21-13-9-8-12(16(24)19-13)20-17(25)11-6-3-5-10(15(11)18(20)26)4-1-2-7-14(22)23/h3,5-6,12H,1-2,4,7-9H2,(H,22,23)(H,19,21,24). The molecule has 1 aromatic rings. The van der Waals surface area contributed by atoms with Crippen molar-refractivity contribution in [1.29, 1.82) is 0 Å². The van der Waals surface area contributed by atoms with Gasteiger partial charge in [-0.25, -0.2) is 0 Å². The first-order chi connectivity index (χ1) is 12.4. The van der Waals surface area contributed by atoms with Crippen LogP contribution in [0.1, 0.15) is 58.4 Å². The molecule has 0 aliphatic carbocycles. The SMILES string of the molecule is O=C(O)CCCCc1cccc2c1C(=O)N(C1CCC(=O)NC1=O)C2=O. The summed E-state index contributed by atoms with van der Waals surface area (Å²) in [6, 6.07) is 3.96. The second kappa shape index (κ2) is 7.07. The topological polar surface area (TPSA) is 121 Å². The number of benzene rings is 1. The van der Waals surface area contributed by atoms with E-state index in [-0.39, 0.29) is 30.4 Å². The molecule has 0 bridgehead atoms. The molecule has 2 N–H and O–H groups in total. The first kappa shape index (κ1) is 17.8. The quantitative estimate of drug-likeness (QED) is 0.575. The number of nitrogens with one attached hydrogen (secondary N) is 1. The zero-order valence-electron chi connectivity index (χ0n) is 14.0. The highest BCUT2D eigenvalue weighted by Gasteiger charge is 2.45. The van der Waals surface area contributed by atoms with Gasteiger partial charge in [-0.3, -0.25) is 34.2 Å². The lowest BCUT2D eigenvalue weighted by Crippen LogP contribution is -2.54. The minimum atomic E-state index is -0.986. The Balaban J connectivity index is 1.81. The fraction of sp³-hybridized carbons (Fsp3) is 0.389. The Bertz CT molecular complexity index is 816. The van der Waals surface area contributed by atoms with Crippen LogP contribution < -0.4 is 5.32 Å². The Kier molecular flexibility index (Phi) is 4.83. The van der Waals surface area contributed by atoms with E-state index in [2.05, 4.69) is 5.32 Å². The maximum atomic E-state index is 12.8. The summed E-state index contributed by atoms with van der Waals surface area (Å²) in [5, 5.41) is 10.9. The highest BCUT2D eigenvalue weighted by molar-refractivity contribution is 6.24. The molecule has 1 aromatic carbocycles. The smallest absolute Gasteiger partial charge is 0.303 e. The number of carbonyl (C=O) groups excluding carboxylic acids is 4. The molecule has 4 amide bonds. The lowest BCUT2D eigenvalue weighted by atomic mass is 9.98. The average molecular weight is 358 g/mol. The van der Waals surface area contributed by atoms with Crippen LogP contribution in [0.15, 0.2) is 18.2 Å². The monoisotopic (exact) mass is 358 g/mol. The maximum absolute atomic E-state index is 12.8. The van der Waals surface area contributed by atoms with Crippen molar-refractivity contribution in [3.8, 4) is 0 Å². The van der Waals surface area contributed by atoms with Crippen LogP contribution in [-0.4, -0.2) is 45.6 Å². The average Bonchev–Trinajstić information content (AvgIpc) is 2.84. The second-order valence-corrected chi connectivity index (χ2v) is 6.39. The summed E-state index contributed by atoms with van der Waals surface area (Å²) in [6.45, 7) is 0. The summed E-state index contributed by atoms with van der Waals surface area (Å²) >= 11 is 0. The third-order valence-electron chi connectivity index (χ3n) is 4.64.